The summed E-state index contributed by atoms with van der Waals surface area (Å²) < 4.78 is 5.32. The molecule has 0 aliphatic heterocycles. The van der Waals surface area contributed by atoms with Crippen molar-refractivity contribution in [1.29, 1.82) is 0 Å². The third kappa shape index (κ3) is 1.39. The van der Waals surface area contributed by atoms with Crippen molar-refractivity contribution in [3.05, 3.63) is 42.2 Å². The highest BCUT2D eigenvalue weighted by Gasteiger charge is 2.07. The molecule has 2 aromatic rings. The Hall–Kier alpha value is -1.70. The summed E-state index contributed by atoms with van der Waals surface area (Å²) in [7, 11) is 0. The van der Waals surface area contributed by atoms with Gasteiger partial charge < -0.3 is 9.52 Å². The van der Waals surface area contributed by atoms with Crippen LogP contribution in [0.25, 0.3) is 16.7 Å². The van der Waals surface area contributed by atoms with E-state index < -0.39 is 0 Å². The zero-order valence-corrected chi connectivity index (χ0v) is 8.03. The lowest BCUT2D eigenvalue weighted by Crippen LogP contribution is -1.79. The van der Waals surface area contributed by atoms with Crippen LogP contribution in [0.4, 0.5) is 0 Å². The fraction of sp³-hybridized carbons (Fsp3) is 0.167. The normalized spacial score (nSPS) is 12.2. The number of para-hydroxylation sites is 1. The molecule has 2 heteroatoms. The van der Waals surface area contributed by atoms with Gasteiger partial charge in [0.15, 0.2) is 0 Å². The maximum Gasteiger partial charge on any atom is 0.134 e. The monoisotopic (exact) mass is 188 g/mol. The second kappa shape index (κ2) is 3.58. The molecular weight excluding hydrogens is 176 g/mol. The molecule has 0 amide bonds. The molecule has 0 bridgehead atoms. The van der Waals surface area contributed by atoms with E-state index in [0.717, 1.165) is 23.0 Å². The maximum absolute atomic E-state index is 9.71. The Bertz CT molecular complexity index is 466. The molecule has 2 rings (SSSR count). The van der Waals surface area contributed by atoms with Gasteiger partial charge in [-0.1, -0.05) is 25.1 Å². The van der Waals surface area contributed by atoms with Crippen LogP contribution in [0.15, 0.2) is 41.0 Å². The number of allylic oxidation sites excluding steroid dienone is 1. The van der Waals surface area contributed by atoms with Gasteiger partial charge in [0.25, 0.3) is 0 Å². The molecule has 1 aromatic carbocycles. The van der Waals surface area contributed by atoms with E-state index >= 15 is 0 Å². The first-order valence-electron chi connectivity index (χ1n) is 4.68. The molecule has 1 aromatic heterocycles. The summed E-state index contributed by atoms with van der Waals surface area (Å²) >= 11 is 0. The summed E-state index contributed by atoms with van der Waals surface area (Å²) in [5, 5.41) is 10.7. The highest BCUT2D eigenvalue weighted by Crippen LogP contribution is 2.25. The molecule has 14 heavy (non-hydrogen) atoms. The topological polar surface area (TPSA) is 33.4 Å². The molecule has 0 fully saturated rings. The Morgan fingerprint density at radius 3 is 3.00 bits per heavy atom. The molecule has 0 saturated carbocycles. The summed E-state index contributed by atoms with van der Waals surface area (Å²) in [6.45, 7) is 1.98. The summed E-state index contributed by atoms with van der Waals surface area (Å²) in [5.74, 6) is 0.289. The van der Waals surface area contributed by atoms with Crippen LogP contribution in [0.3, 0.4) is 0 Å². The van der Waals surface area contributed by atoms with E-state index in [0.29, 0.717) is 0 Å². The van der Waals surface area contributed by atoms with Gasteiger partial charge in [0.05, 0.1) is 5.56 Å². The number of aliphatic hydroxyl groups excluding tert-OH is 1. The van der Waals surface area contributed by atoms with E-state index in [2.05, 4.69) is 0 Å². The maximum atomic E-state index is 9.71. The van der Waals surface area contributed by atoms with Crippen molar-refractivity contribution in [1.82, 2.24) is 0 Å². The molecule has 0 aliphatic rings. The van der Waals surface area contributed by atoms with Gasteiger partial charge in [-0.05, 0) is 18.6 Å². The van der Waals surface area contributed by atoms with Gasteiger partial charge in [0.2, 0.25) is 0 Å². The van der Waals surface area contributed by atoms with Crippen LogP contribution in [0.1, 0.15) is 18.9 Å². The largest absolute Gasteiger partial charge is 0.508 e. The van der Waals surface area contributed by atoms with Crippen LogP contribution in [-0.4, -0.2) is 5.11 Å². The molecule has 0 radical (unpaired) electrons. The van der Waals surface area contributed by atoms with Gasteiger partial charge in [-0.25, -0.2) is 0 Å². The van der Waals surface area contributed by atoms with Crippen LogP contribution in [-0.2, 0) is 0 Å². The molecule has 0 atom stereocenters. The summed E-state index contributed by atoms with van der Waals surface area (Å²) in [6, 6.07) is 7.67. The zero-order valence-electron chi connectivity index (χ0n) is 8.03. The summed E-state index contributed by atoms with van der Waals surface area (Å²) in [5.41, 5.74) is 1.57. The number of hydrogen-bond donors (Lipinski definition) is 1. The van der Waals surface area contributed by atoms with Crippen molar-refractivity contribution in [2.75, 3.05) is 0 Å². The Labute approximate surface area is 82.5 Å². The average molecular weight is 188 g/mol. The Morgan fingerprint density at radius 2 is 2.21 bits per heavy atom. The van der Waals surface area contributed by atoms with Crippen LogP contribution in [0, 0.1) is 0 Å². The second-order valence-corrected chi connectivity index (χ2v) is 3.14. The van der Waals surface area contributed by atoms with E-state index in [1.807, 2.05) is 31.2 Å². The van der Waals surface area contributed by atoms with Crippen molar-refractivity contribution in [2.45, 2.75) is 13.3 Å². The minimum Gasteiger partial charge on any atom is -0.508 e. The lowest BCUT2D eigenvalue weighted by atomic mass is 10.1. The highest BCUT2D eigenvalue weighted by atomic mass is 16.3. The van der Waals surface area contributed by atoms with E-state index in [1.54, 1.807) is 12.3 Å². The van der Waals surface area contributed by atoms with Crippen molar-refractivity contribution < 1.29 is 9.52 Å². The van der Waals surface area contributed by atoms with Crippen LogP contribution < -0.4 is 0 Å². The van der Waals surface area contributed by atoms with Gasteiger partial charge in [-0.15, -0.1) is 0 Å². The van der Waals surface area contributed by atoms with Crippen molar-refractivity contribution in [3.8, 4) is 0 Å². The molecule has 0 saturated heterocycles. The quantitative estimate of drug-likeness (QED) is 0.728. The molecule has 0 spiro atoms. The molecule has 0 unspecified atom stereocenters. The second-order valence-electron chi connectivity index (χ2n) is 3.14. The first-order valence-corrected chi connectivity index (χ1v) is 4.68. The standard InChI is InChI=1S/C12H12O2/c1-2-5-11(13)10-8-14-12-7-4-3-6-9(10)12/h3-8,13H,2H2,1H3/b11-5-. The number of fused-ring (bicyclic) bond motifs is 1. The zero-order chi connectivity index (χ0) is 9.97. The van der Waals surface area contributed by atoms with E-state index in [9.17, 15) is 5.11 Å². The minimum atomic E-state index is 0.289. The van der Waals surface area contributed by atoms with Crippen LogP contribution in [0.2, 0.25) is 0 Å². The molecule has 72 valence electrons. The van der Waals surface area contributed by atoms with E-state index in [-0.39, 0.29) is 5.76 Å². The van der Waals surface area contributed by atoms with Crippen molar-refractivity contribution in [3.63, 3.8) is 0 Å². The Morgan fingerprint density at radius 1 is 1.43 bits per heavy atom. The first-order chi connectivity index (χ1) is 6.83. The number of rotatable bonds is 2. The smallest absolute Gasteiger partial charge is 0.134 e. The fourth-order valence-electron chi connectivity index (χ4n) is 1.48. The lowest BCUT2D eigenvalue weighted by Gasteiger charge is -1.95. The molecule has 0 aliphatic carbocycles. The van der Waals surface area contributed by atoms with Gasteiger partial charge in [-0.2, -0.15) is 0 Å². The van der Waals surface area contributed by atoms with Gasteiger partial charge in [0.1, 0.15) is 17.6 Å². The number of benzene rings is 1. The fourth-order valence-corrected chi connectivity index (χ4v) is 1.48. The number of aliphatic hydroxyl groups is 1. The van der Waals surface area contributed by atoms with Gasteiger partial charge >= 0.3 is 0 Å². The van der Waals surface area contributed by atoms with E-state index in [4.69, 9.17) is 4.42 Å². The molecular formula is C12H12O2. The minimum absolute atomic E-state index is 0.289. The third-order valence-electron chi connectivity index (χ3n) is 2.15. The van der Waals surface area contributed by atoms with Gasteiger partial charge in [0, 0.05) is 5.39 Å². The van der Waals surface area contributed by atoms with E-state index in [1.165, 1.54) is 0 Å². The lowest BCUT2D eigenvalue weighted by molar-refractivity contribution is 0.507. The predicted molar refractivity (Wildman–Crippen MR) is 57.1 cm³/mol. The Kier molecular flexibility index (Phi) is 2.27. The van der Waals surface area contributed by atoms with Crippen molar-refractivity contribution >= 4 is 16.7 Å². The number of furan rings is 1. The highest BCUT2D eigenvalue weighted by molar-refractivity contribution is 5.88. The average Bonchev–Trinajstić information content (AvgIpc) is 2.61. The molecule has 1 heterocycles. The molecule has 1 N–H and O–H groups in total. The predicted octanol–water partition coefficient (Wildman–Crippen LogP) is 3.74. The third-order valence-corrected chi connectivity index (χ3v) is 2.15. The SMILES string of the molecule is CC/C=C(\O)c1coc2ccccc12. The first kappa shape index (κ1) is 8.88. The number of hydrogen-bond acceptors (Lipinski definition) is 2. The Balaban J connectivity index is 2.58. The van der Waals surface area contributed by atoms with Crippen LogP contribution >= 0.6 is 0 Å². The summed E-state index contributed by atoms with van der Waals surface area (Å²) in [6.07, 6.45) is 4.18. The van der Waals surface area contributed by atoms with Gasteiger partial charge in [-0.3, -0.25) is 0 Å². The molecule has 2 nitrogen and oxygen atoms in total. The van der Waals surface area contributed by atoms with Crippen LogP contribution in [0.5, 0.6) is 0 Å². The summed E-state index contributed by atoms with van der Waals surface area (Å²) in [4.78, 5) is 0. The van der Waals surface area contributed by atoms with Crippen molar-refractivity contribution in [2.24, 2.45) is 0 Å².